The molecule has 3 nitrogen and oxygen atoms in total. The van der Waals surface area contributed by atoms with Crippen molar-refractivity contribution >= 4 is 5.91 Å². The van der Waals surface area contributed by atoms with Gasteiger partial charge in [0.2, 0.25) is 5.91 Å². The van der Waals surface area contributed by atoms with Crippen molar-refractivity contribution in [3.63, 3.8) is 0 Å². The smallest absolute Gasteiger partial charge is 0.242 e. The van der Waals surface area contributed by atoms with Crippen LogP contribution in [0, 0.1) is 6.92 Å². The van der Waals surface area contributed by atoms with E-state index in [9.17, 15) is 4.79 Å². The number of rotatable bonds is 2. The highest BCUT2D eigenvalue weighted by Crippen LogP contribution is 2.42. The van der Waals surface area contributed by atoms with E-state index in [1.54, 1.807) is 17.0 Å². The molecule has 1 aliphatic rings. The SMILES string of the molecule is Cc1nccn1C(=O)C1(c2ccccc2)CCCC1. The molecule has 1 aromatic heterocycles. The second-order valence-electron chi connectivity index (χ2n) is 5.30. The lowest BCUT2D eigenvalue weighted by Gasteiger charge is -2.28. The number of benzene rings is 1. The van der Waals surface area contributed by atoms with Crippen LogP contribution in [0.15, 0.2) is 42.7 Å². The Hall–Kier alpha value is -1.90. The number of hydrogen-bond donors (Lipinski definition) is 0. The molecule has 0 N–H and O–H groups in total. The van der Waals surface area contributed by atoms with Gasteiger partial charge in [0.05, 0.1) is 5.41 Å². The Morgan fingerprint density at radius 1 is 1.21 bits per heavy atom. The number of aryl methyl sites for hydroxylation is 1. The Morgan fingerprint density at radius 2 is 1.89 bits per heavy atom. The third-order valence-corrected chi connectivity index (χ3v) is 4.24. The average Bonchev–Trinajstić information content (AvgIpc) is 3.08. The van der Waals surface area contributed by atoms with Crippen LogP contribution < -0.4 is 0 Å². The predicted molar refractivity (Wildman–Crippen MR) is 74.2 cm³/mol. The Balaban J connectivity index is 2.07. The number of carbonyl (C=O) groups excluding carboxylic acids is 1. The van der Waals surface area contributed by atoms with Crippen LogP contribution in [0.25, 0.3) is 0 Å². The van der Waals surface area contributed by atoms with Crippen molar-refractivity contribution in [1.29, 1.82) is 0 Å². The van der Waals surface area contributed by atoms with Gasteiger partial charge in [0, 0.05) is 12.4 Å². The molecule has 1 aromatic carbocycles. The number of nitrogens with zero attached hydrogens (tertiary/aromatic N) is 2. The minimum Gasteiger partial charge on any atom is -0.273 e. The van der Waals surface area contributed by atoms with E-state index in [4.69, 9.17) is 0 Å². The zero-order chi connectivity index (χ0) is 13.3. The van der Waals surface area contributed by atoms with Gasteiger partial charge in [-0.25, -0.2) is 4.98 Å². The lowest BCUT2D eigenvalue weighted by molar-refractivity contribution is 0.0794. The lowest BCUT2D eigenvalue weighted by atomic mass is 9.78. The number of imidazole rings is 1. The fraction of sp³-hybridized carbons (Fsp3) is 0.375. The van der Waals surface area contributed by atoms with E-state index in [0.29, 0.717) is 0 Å². The molecule has 19 heavy (non-hydrogen) atoms. The fourth-order valence-electron chi connectivity index (χ4n) is 3.18. The molecule has 0 saturated heterocycles. The summed E-state index contributed by atoms with van der Waals surface area (Å²) in [4.78, 5) is 17.2. The summed E-state index contributed by atoms with van der Waals surface area (Å²) in [6.07, 6.45) is 7.59. The van der Waals surface area contributed by atoms with E-state index in [1.807, 2.05) is 25.1 Å². The predicted octanol–water partition coefficient (Wildman–Crippen LogP) is 3.34. The highest BCUT2D eigenvalue weighted by Gasteiger charge is 2.43. The van der Waals surface area contributed by atoms with E-state index in [1.165, 1.54) is 0 Å². The molecule has 0 atom stereocenters. The molecule has 0 radical (unpaired) electrons. The maximum atomic E-state index is 13.0. The van der Waals surface area contributed by atoms with Crippen molar-refractivity contribution in [3.8, 4) is 0 Å². The van der Waals surface area contributed by atoms with E-state index >= 15 is 0 Å². The Kier molecular flexibility index (Phi) is 2.97. The molecular weight excluding hydrogens is 236 g/mol. The molecule has 0 spiro atoms. The van der Waals surface area contributed by atoms with Gasteiger partial charge in [-0.3, -0.25) is 9.36 Å². The van der Waals surface area contributed by atoms with Gasteiger partial charge in [0.1, 0.15) is 5.82 Å². The summed E-state index contributed by atoms with van der Waals surface area (Å²) in [5, 5.41) is 0. The van der Waals surface area contributed by atoms with E-state index < -0.39 is 0 Å². The van der Waals surface area contributed by atoms with Crippen molar-refractivity contribution in [2.45, 2.75) is 38.0 Å². The first-order valence-electron chi connectivity index (χ1n) is 6.84. The normalized spacial score (nSPS) is 17.5. The molecule has 0 bridgehead atoms. The summed E-state index contributed by atoms with van der Waals surface area (Å²) in [5.74, 6) is 0.943. The van der Waals surface area contributed by atoms with Gasteiger partial charge in [-0.2, -0.15) is 0 Å². The highest BCUT2D eigenvalue weighted by atomic mass is 16.2. The molecule has 3 heteroatoms. The molecule has 2 aromatic rings. The van der Waals surface area contributed by atoms with E-state index in [0.717, 1.165) is 37.1 Å². The minimum absolute atomic E-state index is 0.172. The highest BCUT2D eigenvalue weighted by molar-refractivity contribution is 5.91. The number of aromatic nitrogens is 2. The van der Waals surface area contributed by atoms with Gasteiger partial charge in [-0.15, -0.1) is 0 Å². The molecule has 0 unspecified atom stereocenters. The van der Waals surface area contributed by atoms with E-state index in [-0.39, 0.29) is 11.3 Å². The van der Waals surface area contributed by atoms with Gasteiger partial charge < -0.3 is 0 Å². The molecule has 0 aliphatic heterocycles. The molecule has 3 rings (SSSR count). The standard InChI is InChI=1S/C16H18N2O/c1-13-17-11-12-18(13)15(19)16(9-5-6-10-16)14-7-3-2-4-8-14/h2-4,7-8,11-12H,5-6,9-10H2,1H3. The molecule has 1 heterocycles. The van der Waals surface area contributed by atoms with Crippen LogP contribution in [0.1, 0.15) is 41.9 Å². The van der Waals surface area contributed by atoms with E-state index in [2.05, 4.69) is 17.1 Å². The maximum absolute atomic E-state index is 13.0. The topological polar surface area (TPSA) is 34.9 Å². The molecular formula is C16H18N2O. The number of hydrogen-bond acceptors (Lipinski definition) is 2. The van der Waals surface area contributed by atoms with Crippen LogP contribution in [0.2, 0.25) is 0 Å². The maximum Gasteiger partial charge on any atom is 0.242 e. The first-order chi connectivity index (χ1) is 9.24. The Labute approximate surface area is 113 Å². The summed E-state index contributed by atoms with van der Waals surface area (Å²) in [7, 11) is 0. The Bertz CT molecular complexity index is 580. The first kappa shape index (κ1) is 12.2. The monoisotopic (exact) mass is 254 g/mol. The second kappa shape index (κ2) is 4.65. The van der Waals surface area contributed by atoms with Crippen molar-refractivity contribution in [3.05, 3.63) is 54.1 Å². The third kappa shape index (κ3) is 1.89. The fourth-order valence-corrected chi connectivity index (χ4v) is 3.18. The van der Waals surface area contributed by atoms with Crippen LogP contribution in [0.3, 0.4) is 0 Å². The summed E-state index contributed by atoms with van der Waals surface area (Å²) in [6.45, 7) is 1.88. The van der Waals surface area contributed by atoms with Crippen LogP contribution in [-0.2, 0) is 5.41 Å². The van der Waals surface area contributed by atoms with Crippen LogP contribution in [0.5, 0.6) is 0 Å². The van der Waals surface area contributed by atoms with Crippen LogP contribution in [-0.4, -0.2) is 15.5 Å². The van der Waals surface area contributed by atoms with Crippen LogP contribution in [0.4, 0.5) is 0 Å². The molecule has 98 valence electrons. The zero-order valence-corrected chi connectivity index (χ0v) is 11.2. The quantitative estimate of drug-likeness (QED) is 0.823. The second-order valence-corrected chi connectivity index (χ2v) is 5.30. The van der Waals surface area contributed by atoms with Crippen molar-refractivity contribution in [2.24, 2.45) is 0 Å². The first-order valence-corrected chi connectivity index (χ1v) is 6.84. The molecule has 1 fully saturated rings. The lowest BCUT2D eigenvalue weighted by Crippen LogP contribution is -2.37. The summed E-state index contributed by atoms with van der Waals surface area (Å²) in [6, 6.07) is 10.2. The minimum atomic E-state index is -0.354. The van der Waals surface area contributed by atoms with Crippen molar-refractivity contribution < 1.29 is 4.79 Å². The van der Waals surface area contributed by atoms with Gasteiger partial charge in [-0.05, 0) is 25.3 Å². The summed E-state index contributed by atoms with van der Waals surface area (Å²) < 4.78 is 1.71. The summed E-state index contributed by atoms with van der Waals surface area (Å²) >= 11 is 0. The largest absolute Gasteiger partial charge is 0.273 e. The molecule has 0 amide bonds. The summed E-state index contributed by atoms with van der Waals surface area (Å²) in [5.41, 5.74) is 0.790. The zero-order valence-electron chi connectivity index (χ0n) is 11.2. The average molecular weight is 254 g/mol. The van der Waals surface area contributed by atoms with Crippen molar-refractivity contribution in [2.75, 3.05) is 0 Å². The van der Waals surface area contributed by atoms with Crippen LogP contribution >= 0.6 is 0 Å². The Morgan fingerprint density at radius 3 is 2.47 bits per heavy atom. The van der Waals surface area contributed by atoms with Crippen molar-refractivity contribution in [1.82, 2.24) is 9.55 Å². The van der Waals surface area contributed by atoms with Gasteiger partial charge >= 0.3 is 0 Å². The van der Waals surface area contributed by atoms with Gasteiger partial charge in [0.25, 0.3) is 0 Å². The molecule has 1 saturated carbocycles. The third-order valence-electron chi connectivity index (χ3n) is 4.24. The van der Waals surface area contributed by atoms with Gasteiger partial charge in [0.15, 0.2) is 0 Å². The molecule has 1 aliphatic carbocycles. The number of carbonyl (C=O) groups is 1. The van der Waals surface area contributed by atoms with Gasteiger partial charge in [-0.1, -0.05) is 43.2 Å².